The van der Waals surface area contributed by atoms with Crippen LogP contribution in [-0.2, 0) is 18.5 Å². The molecule has 2 aromatic carbocycles. The van der Waals surface area contributed by atoms with Crippen LogP contribution in [0.3, 0.4) is 0 Å². The van der Waals surface area contributed by atoms with Crippen LogP contribution in [0.15, 0.2) is 58.3 Å². The lowest BCUT2D eigenvalue weighted by Crippen LogP contribution is -2.03. The van der Waals surface area contributed by atoms with Crippen molar-refractivity contribution in [1.29, 1.82) is 0 Å². The molecule has 6 nitrogen and oxygen atoms in total. The van der Waals surface area contributed by atoms with E-state index in [9.17, 15) is 8.42 Å². The van der Waals surface area contributed by atoms with Crippen LogP contribution in [0.1, 0.15) is 25.7 Å². The molecule has 2 aromatic rings. The summed E-state index contributed by atoms with van der Waals surface area (Å²) < 4.78 is 43.9. The molecule has 0 saturated heterocycles. The van der Waals surface area contributed by atoms with E-state index in [0.717, 1.165) is 43.4 Å². The second-order valence-electron chi connectivity index (χ2n) is 5.92. The van der Waals surface area contributed by atoms with E-state index in [0.29, 0.717) is 19.0 Å². The fraction of sp³-hybridized carbons (Fsp3) is 0.400. The Morgan fingerprint density at radius 1 is 0.750 bits per heavy atom. The zero-order valence-corrected chi connectivity index (χ0v) is 17.8. The monoisotopic (exact) mass is 426 g/mol. The Morgan fingerprint density at radius 2 is 1.25 bits per heavy atom. The molecule has 0 aromatic heterocycles. The first-order chi connectivity index (χ1) is 13.5. The number of rotatable bonds is 13. The molecule has 0 atom stereocenters. The molecule has 0 amide bonds. The van der Waals surface area contributed by atoms with Gasteiger partial charge in [0.15, 0.2) is 0 Å². The van der Waals surface area contributed by atoms with Gasteiger partial charge in [-0.2, -0.15) is 8.42 Å². The molecular weight excluding hydrogens is 400 g/mol. The van der Waals surface area contributed by atoms with Gasteiger partial charge in [0.1, 0.15) is 11.5 Å². The highest BCUT2D eigenvalue weighted by Gasteiger charge is 2.12. The first-order valence-electron chi connectivity index (χ1n) is 9.02. The smallest absolute Gasteiger partial charge is 0.296 e. The Kier molecular flexibility index (Phi) is 9.63. The molecule has 0 N–H and O–H groups in total. The maximum Gasteiger partial charge on any atom is 0.296 e. The number of benzene rings is 2. The molecule has 0 aliphatic heterocycles. The van der Waals surface area contributed by atoms with Crippen molar-refractivity contribution in [2.45, 2.75) is 35.5 Å². The summed E-state index contributed by atoms with van der Waals surface area (Å²) in [5.41, 5.74) is 0. The maximum absolute atomic E-state index is 11.6. The van der Waals surface area contributed by atoms with E-state index >= 15 is 0 Å². The lowest BCUT2D eigenvalue weighted by atomic mass is 10.2. The molecule has 8 heteroatoms. The number of hydrogen-bond donors (Lipinski definition) is 0. The van der Waals surface area contributed by atoms with Crippen LogP contribution in [0.25, 0.3) is 0 Å². The predicted molar refractivity (Wildman–Crippen MR) is 109 cm³/mol. The van der Waals surface area contributed by atoms with Crippen LogP contribution in [0.2, 0.25) is 0 Å². The molecule has 0 aliphatic carbocycles. The Balaban J connectivity index is 1.55. The van der Waals surface area contributed by atoms with Crippen molar-refractivity contribution < 1.29 is 26.3 Å². The minimum atomic E-state index is -3.65. The maximum atomic E-state index is 11.6. The van der Waals surface area contributed by atoms with E-state index in [1.54, 1.807) is 19.2 Å². The average Bonchev–Trinajstić information content (AvgIpc) is 2.72. The van der Waals surface area contributed by atoms with Crippen LogP contribution < -0.4 is 9.47 Å². The first kappa shape index (κ1) is 22.5. The summed E-state index contributed by atoms with van der Waals surface area (Å²) in [7, 11) is -0.866. The zero-order valence-electron chi connectivity index (χ0n) is 16.1. The van der Waals surface area contributed by atoms with E-state index < -0.39 is 10.1 Å². The molecule has 0 saturated carbocycles. The zero-order chi connectivity index (χ0) is 20.2. The van der Waals surface area contributed by atoms with Crippen molar-refractivity contribution in [3.63, 3.8) is 0 Å². The molecule has 0 unspecified atom stereocenters. The molecule has 0 spiro atoms. The van der Waals surface area contributed by atoms with Gasteiger partial charge in [-0.25, -0.2) is 0 Å². The van der Waals surface area contributed by atoms with Gasteiger partial charge in [-0.15, -0.1) is 0 Å². The van der Waals surface area contributed by atoms with Gasteiger partial charge in [0.2, 0.25) is 0 Å². The van der Waals surface area contributed by atoms with Gasteiger partial charge in [0, 0.05) is 16.9 Å². The van der Waals surface area contributed by atoms with Gasteiger partial charge in [0.25, 0.3) is 10.1 Å². The molecule has 28 heavy (non-hydrogen) atoms. The summed E-state index contributed by atoms with van der Waals surface area (Å²) in [5, 5.41) is 0. The standard InChI is InChI=1S/C20H26O6S2/c1-23-27-19-11-7-17(8-12-19)25-15-5-3-4-6-16-26-18-9-13-20(14-10-18)28(21,22)24-2/h7-14H,3-6,15-16H2,1-2H3. The molecule has 2 rings (SSSR count). The largest absolute Gasteiger partial charge is 0.494 e. The highest BCUT2D eigenvalue weighted by atomic mass is 32.2. The Hall–Kier alpha value is -1.74. The second-order valence-corrected chi connectivity index (χ2v) is 8.61. The lowest BCUT2D eigenvalue weighted by molar-refractivity contribution is 0.287. The van der Waals surface area contributed by atoms with Crippen LogP contribution in [0.4, 0.5) is 0 Å². The van der Waals surface area contributed by atoms with Gasteiger partial charge in [-0.3, -0.25) is 4.18 Å². The van der Waals surface area contributed by atoms with Crippen molar-refractivity contribution in [2.75, 3.05) is 27.4 Å². The average molecular weight is 427 g/mol. The Labute approximate surface area is 171 Å². The minimum absolute atomic E-state index is 0.120. The molecular formula is C20H26O6S2. The van der Waals surface area contributed by atoms with Gasteiger partial charge in [0.05, 0.1) is 32.3 Å². The first-order valence-corrected chi connectivity index (χ1v) is 11.2. The summed E-state index contributed by atoms with van der Waals surface area (Å²) in [6, 6.07) is 14.1. The summed E-state index contributed by atoms with van der Waals surface area (Å²) in [6.07, 6.45) is 4.02. The SMILES string of the molecule is COSc1ccc(OCCCCCCOc2ccc(S(=O)(=O)OC)cc2)cc1. The van der Waals surface area contributed by atoms with Gasteiger partial charge >= 0.3 is 0 Å². The molecule has 0 fully saturated rings. The minimum Gasteiger partial charge on any atom is -0.494 e. The van der Waals surface area contributed by atoms with Gasteiger partial charge in [-0.05, 0) is 74.2 Å². The van der Waals surface area contributed by atoms with E-state index in [4.69, 9.17) is 13.7 Å². The van der Waals surface area contributed by atoms with Crippen molar-refractivity contribution in [3.8, 4) is 11.5 Å². The van der Waals surface area contributed by atoms with Crippen LogP contribution in [0, 0.1) is 0 Å². The summed E-state index contributed by atoms with van der Waals surface area (Å²) in [5.74, 6) is 1.51. The molecule has 0 heterocycles. The van der Waals surface area contributed by atoms with Crippen molar-refractivity contribution >= 4 is 22.2 Å². The van der Waals surface area contributed by atoms with Crippen molar-refractivity contribution in [3.05, 3.63) is 48.5 Å². The van der Waals surface area contributed by atoms with Crippen LogP contribution in [-0.4, -0.2) is 35.9 Å². The number of hydrogen-bond acceptors (Lipinski definition) is 7. The van der Waals surface area contributed by atoms with Crippen molar-refractivity contribution in [2.24, 2.45) is 0 Å². The Bertz CT molecular complexity index is 788. The van der Waals surface area contributed by atoms with Crippen LogP contribution in [0.5, 0.6) is 11.5 Å². The van der Waals surface area contributed by atoms with Gasteiger partial charge < -0.3 is 13.7 Å². The van der Waals surface area contributed by atoms with E-state index in [1.807, 2.05) is 24.3 Å². The highest BCUT2D eigenvalue weighted by molar-refractivity contribution is 7.94. The fourth-order valence-corrected chi connectivity index (χ4v) is 3.53. The lowest BCUT2D eigenvalue weighted by Gasteiger charge is -2.08. The summed E-state index contributed by atoms with van der Waals surface area (Å²) in [6.45, 7) is 1.28. The van der Waals surface area contributed by atoms with E-state index in [1.165, 1.54) is 24.2 Å². The third kappa shape index (κ3) is 7.71. The topological polar surface area (TPSA) is 71.1 Å². The van der Waals surface area contributed by atoms with Crippen molar-refractivity contribution in [1.82, 2.24) is 0 Å². The second kappa shape index (κ2) is 12.0. The highest BCUT2D eigenvalue weighted by Crippen LogP contribution is 2.21. The summed E-state index contributed by atoms with van der Waals surface area (Å²) >= 11 is 1.32. The normalized spacial score (nSPS) is 11.4. The molecule has 154 valence electrons. The van der Waals surface area contributed by atoms with E-state index in [2.05, 4.69) is 4.18 Å². The Morgan fingerprint density at radius 3 is 1.71 bits per heavy atom. The predicted octanol–water partition coefficient (Wildman–Crippen LogP) is 4.69. The van der Waals surface area contributed by atoms with Gasteiger partial charge in [-0.1, -0.05) is 0 Å². The number of ether oxygens (including phenoxy) is 2. The summed E-state index contributed by atoms with van der Waals surface area (Å²) in [4.78, 5) is 1.17. The number of unbranched alkanes of at least 4 members (excludes halogenated alkanes) is 3. The fourth-order valence-electron chi connectivity index (χ4n) is 2.42. The third-order valence-corrected chi connectivity index (χ3v) is 5.83. The van der Waals surface area contributed by atoms with E-state index in [-0.39, 0.29) is 4.90 Å². The third-order valence-electron chi connectivity index (χ3n) is 3.91. The van der Waals surface area contributed by atoms with Crippen LogP contribution >= 0.6 is 12.0 Å². The molecule has 0 aliphatic rings. The quantitative estimate of drug-likeness (QED) is 0.261. The molecule has 0 radical (unpaired) electrons. The molecule has 0 bridgehead atoms.